The Balaban J connectivity index is 2.31. The maximum atomic E-state index is 9.47. The van der Waals surface area contributed by atoms with Gasteiger partial charge in [-0.15, -0.1) is 0 Å². The van der Waals surface area contributed by atoms with Crippen molar-refractivity contribution in [3.05, 3.63) is 0 Å². The summed E-state index contributed by atoms with van der Waals surface area (Å²) < 4.78 is 0. The average molecular weight is 213 g/mol. The van der Waals surface area contributed by atoms with Gasteiger partial charge in [0, 0.05) is 24.6 Å². The van der Waals surface area contributed by atoms with Gasteiger partial charge in [-0.2, -0.15) is 0 Å². The number of rotatable bonds is 6. The van der Waals surface area contributed by atoms with E-state index in [1.54, 1.807) is 0 Å². The Morgan fingerprint density at radius 3 is 2.20 bits per heavy atom. The first-order chi connectivity index (χ1) is 7.26. The lowest BCUT2D eigenvalue weighted by molar-refractivity contribution is 0.107. The molecule has 1 rings (SSSR count). The summed E-state index contributed by atoms with van der Waals surface area (Å²) in [6, 6.07) is 0.711. The first-order valence-electron chi connectivity index (χ1n) is 6.60. The second kappa shape index (κ2) is 6.49. The minimum Gasteiger partial charge on any atom is -0.396 e. The fraction of sp³-hybridized carbons (Fsp3) is 1.00. The number of nitrogens with one attached hydrogen (secondary N) is 1. The summed E-state index contributed by atoms with van der Waals surface area (Å²) in [6.45, 7) is 5.67. The molecule has 1 aliphatic rings. The molecule has 0 radical (unpaired) electrons. The highest BCUT2D eigenvalue weighted by atomic mass is 16.3. The molecule has 1 aliphatic carbocycles. The van der Waals surface area contributed by atoms with E-state index in [0.717, 1.165) is 19.4 Å². The van der Waals surface area contributed by atoms with Crippen molar-refractivity contribution in [3.63, 3.8) is 0 Å². The van der Waals surface area contributed by atoms with Crippen LogP contribution >= 0.6 is 0 Å². The van der Waals surface area contributed by atoms with Gasteiger partial charge < -0.3 is 10.4 Å². The summed E-state index contributed by atoms with van der Waals surface area (Å²) in [5.41, 5.74) is 0.122. The predicted molar refractivity (Wildman–Crippen MR) is 65.0 cm³/mol. The van der Waals surface area contributed by atoms with Gasteiger partial charge >= 0.3 is 0 Å². The molecule has 0 aromatic heterocycles. The fourth-order valence-corrected chi connectivity index (χ4v) is 2.45. The van der Waals surface area contributed by atoms with Gasteiger partial charge in [0.15, 0.2) is 0 Å². The molecule has 0 aromatic rings. The first kappa shape index (κ1) is 13.0. The second-order valence-electron chi connectivity index (χ2n) is 5.08. The van der Waals surface area contributed by atoms with E-state index in [4.69, 9.17) is 0 Å². The Bertz CT molecular complexity index is 152. The molecule has 2 nitrogen and oxygen atoms in total. The molecule has 2 heteroatoms. The molecule has 0 unspecified atom stereocenters. The molecule has 0 saturated heterocycles. The largest absolute Gasteiger partial charge is 0.396 e. The van der Waals surface area contributed by atoms with Crippen molar-refractivity contribution in [1.29, 1.82) is 0 Å². The van der Waals surface area contributed by atoms with E-state index in [0.29, 0.717) is 12.6 Å². The summed E-state index contributed by atoms with van der Waals surface area (Å²) in [5, 5.41) is 13.1. The number of aliphatic hydroxyl groups is 1. The molecule has 1 fully saturated rings. The van der Waals surface area contributed by atoms with Crippen molar-refractivity contribution in [2.24, 2.45) is 5.41 Å². The maximum absolute atomic E-state index is 9.47. The normalized spacial score (nSPS) is 19.4. The molecule has 0 aromatic carbocycles. The van der Waals surface area contributed by atoms with Crippen molar-refractivity contribution in [2.75, 3.05) is 13.2 Å². The SMILES string of the molecule is CCC(CC)(CO)CNC1CCCCC1. The maximum Gasteiger partial charge on any atom is 0.0499 e. The summed E-state index contributed by atoms with van der Waals surface area (Å²) in [5.74, 6) is 0. The molecular formula is C13H27NO. The van der Waals surface area contributed by atoms with Crippen LogP contribution in [0, 0.1) is 5.41 Å². The highest BCUT2D eigenvalue weighted by molar-refractivity contribution is 4.81. The molecule has 0 amide bonds. The quantitative estimate of drug-likeness (QED) is 0.711. The summed E-state index contributed by atoms with van der Waals surface area (Å²) in [7, 11) is 0. The topological polar surface area (TPSA) is 32.3 Å². The minimum atomic E-state index is 0.122. The van der Waals surface area contributed by atoms with Gasteiger partial charge in [-0.05, 0) is 25.7 Å². The lowest BCUT2D eigenvalue weighted by Crippen LogP contribution is -2.42. The van der Waals surface area contributed by atoms with Crippen LogP contribution in [0.1, 0.15) is 58.8 Å². The van der Waals surface area contributed by atoms with Crippen LogP contribution in [-0.2, 0) is 0 Å². The van der Waals surface area contributed by atoms with Crippen LogP contribution in [0.5, 0.6) is 0 Å². The molecule has 2 N–H and O–H groups in total. The van der Waals surface area contributed by atoms with E-state index in [9.17, 15) is 5.11 Å². The fourth-order valence-electron chi connectivity index (χ4n) is 2.45. The van der Waals surface area contributed by atoms with Crippen LogP contribution < -0.4 is 5.32 Å². The van der Waals surface area contributed by atoms with Crippen LogP contribution in [0.3, 0.4) is 0 Å². The molecule has 0 atom stereocenters. The molecule has 0 spiro atoms. The minimum absolute atomic E-state index is 0.122. The van der Waals surface area contributed by atoms with Crippen molar-refractivity contribution in [3.8, 4) is 0 Å². The monoisotopic (exact) mass is 213 g/mol. The second-order valence-corrected chi connectivity index (χ2v) is 5.08. The number of hydrogen-bond acceptors (Lipinski definition) is 2. The third kappa shape index (κ3) is 3.76. The lowest BCUT2D eigenvalue weighted by Gasteiger charge is -2.33. The summed E-state index contributed by atoms with van der Waals surface area (Å²) in [4.78, 5) is 0. The highest BCUT2D eigenvalue weighted by Crippen LogP contribution is 2.26. The van der Waals surface area contributed by atoms with Gasteiger partial charge in [0.1, 0.15) is 0 Å². The standard InChI is InChI=1S/C13H27NO/c1-3-13(4-2,11-15)10-14-12-8-6-5-7-9-12/h12,14-15H,3-11H2,1-2H3. The van der Waals surface area contributed by atoms with Gasteiger partial charge in [0.25, 0.3) is 0 Å². The zero-order chi connectivity index (χ0) is 11.1. The molecule has 90 valence electrons. The Labute approximate surface area is 94.5 Å². The van der Waals surface area contributed by atoms with Crippen LogP contribution in [-0.4, -0.2) is 24.3 Å². The Hall–Kier alpha value is -0.0800. The Kier molecular flexibility index (Phi) is 5.62. The van der Waals surface area contributed by atoms with Gasteiger partial charge in [0.05, 0.1) is 0 Å². The summed E-state index contributed by atoms with van der Waals surface area (Å²) in [6.07, 6.45) is 8.96. The van der Waals surface area contributed by atoms with Gasteiger partial charge in [0.2, 0.25) is 0 Å². The Morgan fingerprint density at radius 2 is 1.73 bits per heavy atom. The third-order valence-electron chi connectivity index (χ3n) is 4.21. The summed E-state index contributed by atoms with van der Waals surface area (Å²) >= 11 is 0. The van der Waals surface area contributed by atoms with Gasteiger partial charge in [-0.1, -0.05) is 33.1 Å². The Morgan fingerprint density at radius 1 is 1.13 bits per heavy atom. The van der Waals surface area contributed by atoms with E-state index in [-0.39, 0.29) is 5.41 Å². The molecule has 0 aliphatic heterocycles. The van der Waals surface area contributed by atoms with Gasteiger partial charge in [-0.25, -0.2) is 0 Å². The van der Waals surface area contributed by atoms with E-state index >= 15 is 0 Å². The smallest absolute Gasteiger partial charge is 0.0499 e. The predicted octanol–water partition coefficient (Wildman–Crippen LogP) is 2.71. The van der Waals surface area contributed by atoms with Crippen molar-refractivity contribution >= 4 is 0 Å². The van der Waals surface area contributed by atoms with Crippen molar-refractivity contribution < 1.29 is 5.11 Å². The van der Waals surface area contributed by atoms with E-state index in [1.165, 1.54) is 32.1 Å². The van der Waals surface area contributed by atoms with Crippen LogP contribution in [0.15, 0.2) is 0 Å². The van der Waals surface area contributed by atoms with E-state index in [1.807, 2.05) is 0 Å². The zero-order valence-electron chi connectivity index (χ0n) is 10.4. The van der Waals surface area contributed by atoms with E-state index in [2.05, 4.69) is 19.2 Å². The van der Waals surface area contributed by atoms with Gasteiger partial charge in [-0.3, -0.25) is 0 Å². The first-order valence-corrected chi connectivity index (χ1v) is 6.60. The van der Waals surface area contributed by atoms with Crippen molar-refractivity contribution in [1.82, 2.24) is 5.32 Å². The third-order valence-corrected chi connectivity index (χ3v) is 4.21. The molecule has 0 bridgehead atoms. The molecular weight excluding hydrogens is 186 g/mol. The zero-order valence-corrected chi connectivity index (χ0v) is 10.4. The lowest BCUT2D eigenvalue weighted by atomic mass is 9.82. The molecule has 15 heavy (non-hydrogen) atoms. The molecule has 1 saturated carbocycles. The van der Waals surface area contributed by atoms with Crippen LogP contribution in [0.2, 0.25) is 0 Å². The van der Waals surface area contributed by atoms with Crippen LogP contribution in [0.25, 0.3) is 0 Å². The van der Waals surface area contributed by atoms with Crippen molar-refractivity contribution in [2.45, 2.75) is 64.8 Å². The van der Waals surface area contributed by atoms with E-state index < -0.39 is 0 Å². The van der Waals surface area contributed by atoms with Crippen LogP contribution in [0.4, 0.5) is 0 Å². The number of aliphatic hydroxyl groups excluding tert-OH is 1. The average Bonchev–Trinajstić information content (AvgIpc) is 2.33. The number of hydrogen-bond donors (Lipinski definition) is 2. The molecule has 0 heterocycles. The highest BCUT2D eigenvalue weighted by Gasteiger charge is 2.26.